The summed E-state index contributed by atoms with van der Waals surface area (Å²) in [5.41, 5.74) is 2.55. The van der Waals surface area contributed by atoms with Crippen LogP contribution in [-0.2, 0) is 0 Å². The van der Waals surface area contributed by atoms with Gasteiger partial charge in [-0.15, -0.1) is 24.8 Å². The minimum atomic E-state index is 0. The van der Waals surface area contributed by atoms with Crippen LogP contribution in [0.2, 0.25) is 5.02 Å². The molecule has 2 aromatic rings. The molecule has 1 atom stereocenters. The fourth-order valence-electron chi connectivity index (χ4n) is 2.66. The second kappa shape index (κ2) is 9.23. The van der Waals surface area contributed by atoms with Crippen molar-refractivity contribution in [1.82, 2.24) is 15.2 Å². The van der Waals surface area contributed by atoms with Gasteiger partial charge >= 0.3 is 0 Å². The Balaban J connectivity index is 0.00000144. The molecule has 1 fully saturated rings. The van der Waals surface area contributed by atoms with Gasteiger partial charge in [0, 0.05) is 48.7 Å². The number of aromatic nitrogens is 1. The summed E-state index contributed by atoms with van der Waals surface area (Å²) in [5, 5.41) is 4.03. The van der Waals surface area contributed by atoms with Crippen LogP contribution in [0.1, 0.15) is 17.3 Å². The lowest BCUT2D eigenvalue weighted by Gasteiger charge is -2.31. The van der Waals surface area contributed by atoms with E-state index in [0.29, 0.717) is 16.6 Å². The quantitative estimate of drug-likeness (QED) is 0.853. The van der Waals surface area contributed by atoms with Crippen LogP contribution in [0.5, 0.6) is 0 Å². The highest BCUT2D eigenvalue weighted by Crippen LogP contribution is 2.22. The first kappa shape index (κ1) is 20.7. The number of nitrogens with zero attached hydrogens (tertiary/aromatic N) is 2. The SMILES string of the molecule is CC1CN(C(=O)c2cncc(-c3ccc(Cl)cc3)c2)CCN1.Cl.Cl. The third-order valence-corrected chi connectivity index (χ3v) is 4.07. The minimum Gasteiger partial charge on any atom is -0.336 e. The van der Waals surface area contributed by atoms with E-state index < -0.39 is 0 Å². The Morgan fingerprint density at radius 2 is 1.92 bits per heavy atom. The van der Waals surface area contributed by atoms with E-state index in [1.54, 1.807) is 12.4 Å². The maximum atomic E-state index is 12.6. The largest absolute Gasteiger partial charge is 0.336 e. The van der Waals surface area contributed by atoms with Crippen molar-refractivity contribution in [2.75, 3.05) is 19.6 Å². The standard InChI is InChI=1S/C17H18ClN3O.2ClH/c1-12-11-21(7-6-20-12)17(22)15-8-14(9-19-10-15)13-2-4-16(18)5-3-13;;/h2-5,8-10,12,20H,6-7,11H2,1H3;2*1H. The van der Waals surface area contributed by atoms with E-state index in [-0.39, 0.29) is 30.7 Å². The number of benzene rings is 1. The molecule has 0 spiro atoms. The number of hydrogen-bond donors (Lipinski definition) is 1. The van der Waals surface area contributed by atoms with Crippen molar-refractivity contribution >= 4 is 42.3 Å². The average Bonchev–Trinajstić information content (AvgIpc) is 2.55. The molecule has 1 unspecified atom stereocenters. The third kappa shape index (κ3) is 4.84. The molecule has 1 N–H and O–H groups in total. The Labute approximate surface area is 159 Å². The molecule has 1 saturated heterocycles. The molecule has 130 valence electrons. The summed E-state index contributed by atoms with van der Waals surface area (Å²) in [6.45, 7) is 4.37. The van der Waals surface area contributed by atoms with Crippen molar-refractivity contribution in [3.8, 4) is 11.1 Å². The molecule has 1 aliphatic rings. The number of hydrogen-bond acceptors (Lipinski definition) is 3. The summed E-state index contributed by atoms with van der Waals surface area (Å²) in [7, 11) is 0. The van der Waals surface area contributed by atoms with Gasteiger partial charge in [0.2, 0.25) is 0 Å². The van der Waals surface area contributed by atoms with Crippen molar-refractivity contribution < 1.29 is 4.79 Å². The molecule has 0 saturated carbocycles. The van der Waals surface area contributed by atoms with E-state index in [0.717, 1.165) is 30.8 Å². The molecule has 24 heavy (non-hydrogen) atoms. The molecule has 2 heterocycles. The zero-order valence-corrected chi connectivity index (χ0v) is 15.6. The van der Waals surface area contributed by atoms with Gasteiger partial charge in [-0.05, 0) is 30.7 Å². The molecule has 3 rings (SSSR count). The van der Waals surface area contributed by atoms with Gasteiger partial charge in [0.15, 0.2) is 0 Å². The minimum absolute atomic E-state index is 0. The maximum absolute atomic E-state index is 12.6. The fourth-order valence-corrected chi connectivity index (χ4v) is 2.78. The Bertz CT molecular complexity index is 679. The number of carbonyl (C=O) groups excluding carboxylic acids is 1. The lowest BCUT2D eigenvalue weighted by molar-refractivity contribution is 0.0708. The zero-order chi connectivity index (χ0) is 15.5. The highest BCUT2D eigenvalue weighted by Gasteiger charge is 2.22. The molecule has 1 aromatic carbocycles. The Morgan fingerprint density at radius 3 is 2.58 bits per heavy atom. The summed E-state index contributed by atoms with van der Waals surface area (Å²) in [6.07, 6.45) is 3.40. The van der Waals surface area contributed by atoms with Gasteiger partial charge in [-0.1, -0.05) is 23.7 Å². The van der Waals surface area contributed by atoms with Crippen LogP contribution >= 0.6 is 36.4 Å². The van der Waals surface area contributed by atoms with Gasteiger partial charge in [-0.3, -0.25) is 9.78 Å². The van der Waals surface area contributed by atoms with Gasteiger partial charge in [-0.25, -0.2) is 0 Å². The zero-order valence-electron chi connectivity index (χ0n) is 13.2. The van der Waals surface area contributed by atoms with Crippen LogP contribution in [0.25, 0.3) is 11.1 Å². The summed E-state index contributed by atoms with van der Waals surface area (Å²) in [5.74, 6) is 0.0386. The van der Waals surface area contributed by atoms with Crippen molar-refractivity contribution in [2.24, 2.45) is 0 Å². The summed E-state index contributed by atoms with van der Waals surface area (Å²) in [4.78, 5) is 18.7. The second-order valence-electron chi connectivity index (χ2n) is 5.58. The van der Waals surface area contributed by atoms with Crippen LogP contribution in [0.3, 0.4) is 0 Å². The van der Waals surface area contributed by atoms with Crippen LogP contribution in [0.15, 0.2) is 42.7 Å². The predicted octanol–water partition coefficient (Wildman–Crippen LogP) is 3.68. The topological polar surface area (TPSA) is 45.2 Å². The second-order valence-corrected chi connectivity index (χ2v) is 6.01. The number of amides is 1. The van der Waals surface area contributed by atoms with Crippen LogP contribution in [0.4, 0.5) is 0 Å². The molecule has 1 aliphatic heterocycles. The number of nitrogens with one attached hydrogen (secondary N) is 1. The first-order valence-electron chi connectivity index (χ1n) is 7.37. The van der Waals surface area contributed by atoms with Crippen LogP contribution in [0, 0.1) is 0 Å². The van der Waals surface area contributed by atoms with E-state index in [2.05, 4.69) is 17.2 Å². The Kier molecular flexibility index (Phi) is 7.97. The van der Waals surface area contributed by atoms with E-state index in [1.165, 1.54) is 0 Å². The van der Waals surface area contributed by atoms with Gasteiger partial charge in [0.1, 0.15) is 0 Å². The van der Waals surface area contributed by atoms with Crippen molar-refractivity contribution in [1.29, 1.82) is 0 Å². The highest BCUT2D eigenvalue weighted by atomic mass is 35.5. The van der Waals surface area contributed by atoms with Gasteiger partial charge < -0.3 is 10.2 Å². The molecule has 0 bridgehead atoms. The predicted molar refractivity (Wildman–Crippen MR) is 103 cm³/mol. The van der Waals surface area contributed by atoms with E-state index in [9.17, 15) is 4.79 Å². The van der Waals surface area contributed by atoms with E-state index >= 15 is 0 Å². The van der Waals surface area contributed by atoms with Crippen molar-refractivity contribution in [3.63, 3.8) is 0 Å². The molecule has 7 heteroatoms. The van der Waals surface area contributed by atoms with Gasteiger partial charge in [0.25, 0.3) is 5.91 Å². The van der Waals surface area contributed by atoms with Crippen molar-refractivity contribution in [3.05, 3.63) is 53.3 Å². The van der Waals surface area contributed by atoms with Crippen LogP contribution in [-0.4, -0.2) is 41.5 Å². The molecule has 0 aliphatic carbocycles. The van der Waals surface area contributed by atoms with Crippen LogP contribution < -0.4 is 5.32 Å². The smallest absolute Gasteiger partial charge is 0.255 e. The van der Waals surface area contributed by atoms with Crippen molar-refractivity contribution in [2.45, 2.75) is 13.0 Å². The molecule has 0 radical (unpaired) electrons. The molecule has 1 amide bonds. The first-order valence-corrected chi connectivity index (χ1v) is 7.75. The number of pyridine rings is 1. The lowest BCUT2D eigenvalue weighted by Crippen LogP contribution is -2.51. The van der Waals surface area contributed by atoms with E-state index in [4.69, 9.17) is 11.6 Å². The maximum Gasteiger partial charge on any atom is 0.255 e. The summed E-state index contributed by atoms with van der Waals surface area (Å²) >= 11 is 5.91. The van der Waals surface area contributed by atoms with Gasteiger partial charge in [0.05, 0.1) is 5.56 Å². The normalized spacial score (nSPS) is 16.8. The molecular weight excluding hydrogens is 369 g/mol. The molecule has 1 aromatic heterocycles. The summed E-state index contributed by atoms with van der Waals surface area (Å²) < 4.78 is 0. The third-order valence-electron chi connectivity index (χ3n) is 3.82. The number of carbonyl (C=O) groups is 1. The monoisotopic (exact) mass is 387 g/mol. The number of piperazine rings is 1. The average molecular weight is 389 g/mol. The number of halogens is 3. The molecule has 4 nitrogen and oxygen atoms in total. The lowest BCUT2D eigenvalue weighted by atomic mass is 10.1. The van der Waals surface area contributed by atoms with Gasteiger partial charge in [-0.2, -0.15) is 0 Å². The Hall–Kier alpha value is -1.33. The first-order chi connectivity index (χ1) is 10.6. The highest BCUT2D eigenvalue weighted by molar-refractivity contribution is 6.30. The number of rotatable bonds is 2. The van der Waals surface area contributed by atoms with E-state index in [1.807, 2.05) is 35.2 Å². The summed E-state index contributed by atoms with van der Waals surface area (Å²) in [6, 6.07) is 9.75. The molecular formula is C17H20Cl3N3O. The Morgan fingerprint density at radius 1 is 1.21 bits per heavy atom. The fraction of sp³-hybridized carbons (Fsp3) is 0.294.